The molecule has 0 aliphatic rings. The fourth-order valence-electron chi connectivity index (χ4n) is 9.87. The summed E-state index contributed by atoms with van der Waals surface area (Å²) >= 11 is 0. The Balaban J connectivity index is 3.96. The summed E-state index contributed by atoms with van der Waals surface area (Å²) < 4.78 is 33.2. The number of ether oxygens (including phenoxy) is 2. The SMILES string of the molecule is CC/C=C\C/C=C\C/C=C\C/C=C\C/C=C\C/C=C\C/C=C\C/C=C\C/C=C\C/C=C\C/C=C\CCCCCC(=O)OC(COC(=O)CCCCCCCCCCCCCCCCCCCCCCCC/C=C\C/C=C\C/C=C\C/C=C\CC)COP(=O)(O)OCCN. The third-order valence-electron chi connectivity index (χ3n) is 15.3. The van der Waals surface area contributed by atoms with Gasteiger partial charge >= 0.3 is 19.8 Å². The molecule has 0 rings (SSSR count). The lowest BCUT2D eigenvalue weighted by atomic mass is 10.0. The van der Waals surface area contributed by atoms with Crippen LogP contribution in [0.1, 0.15) is 296 Å². The molecule has 0 saturated heterocycles. The van der Waals surface area contributed by atoms with Crippen LogP contribution in [0.15, 0.2) is 182 Å². The molecule has 0 amide bonds. The number of allylic oxidation sites excluding steroid dienone is 30. The van der Waals surface area contributed by atoms with E-state index in [2.05, 4.69) is 196 Å². The van der Waals surface area contributed by atoms with Crippen molar-refractivity contribution in [2.24, 2.45) is 5.73 Å². The first kappa shape index (κ1) is 88.1. The summed E-state index contributed by atoms with van der Waals surface area (Å²) in [5, 5.41) is 0. The quantitative estimate of drug-likeness (QED) is 0.0264. The lowest BCUT2D eigenvalue weighted by Gasteiger charge is -2.19. The average Bonchev–Trinajstić information content (AvgIpc) is 3.04. The van der Waals surface area contributed by atoms with Gasteiger partial charge in [0, 0.05) is 19.4 Å². The van der Waals surface area contributed by atoms with Gasteiger partial charge in [-0.1, -0.05) is 331 Å². The van der Waals surface area contributed by atoms with E-state index in [1.165, 1.54) is 128 Å². The van der Waals surface area contributed by atoms with Crippen molar-refractivity contribution in [1.29, 1.82) is 0 Å². The molecule has 2 atom stereocenters. The van der Waals surface area contributed by atoms with Crippen LogP contribution in [0.3, 0.4) is 0 Å². The highest BCUT2D eigenvalue weighted by molar-refractivity contribution is 7.47. The van der Waals surface area contributed by atoms with Crippen LogP contribution >= 0.6 is 7.82 Å². The lowest BCUT2D eigenvalue weighted by molar-refractivity contribution is -0.161. The van der Waals surface area contributed by atoms with Gasteiger partial charge in [-0.3, -0.25) is 18.6 Å². The van der Waals surface area contributed by atoms with Crippen LogP contribution in [-0.2, 0) is 32.7 Å². The van der Waals surface area contributed by atoms with E-state index >= 15 is 0 Å². The zero-order valence-electron chi connectivity index (χ0n) is 59.2. The molecular formula is C83H136NO8P. The molecule has 0 fully saturated rings. The van der Waals surface area contributed by atoms with Crippen LogP contribution < -0.4 is 5.73 Å². The minimum absolute atomic E-state index is 0.0398. The predicted molar refractivity (Wildman–Crippen MR) is 403 cm³/mol. The molecule has 0 saturated carbocycles. The van der Waals surface area contributed by atoms with Gasteiger partial charge in [-0.2, -0.15) is 0 Å². The maximum absolute atomic E-state index is 12.8. The molecule has 0 aliphatic heterocycles. The number of esters is 2. The minimum Gasteiger partial charge on any atom is -0.462 e. The molecule has 0 spiro atoms. The van der Waals surface area contributed by atoms with Gasteiger partial charge in [0.15, 0.2) is 6.10 Å². The molecule has 10 heteroatoms. The van der Waals surface area contributed by atoms with E-state index in [0.717, 1.165) is 135 Å². The van der Waals surface area contributed by atoms with Gasteiger partial charge < -0.3 is 20.1 Å². The Morgan fingerprint density at radius 2 is 0.559 bits per heavy atom. The van der Waals surface area contributed by atoms with Crippen molar-refractivity contribution in [2.75, 3.05) is 26.4 Å². The van der Waals surface area contributed by atoms with Crippen LogP contribution in [0.25, 0.3) is 0 Å². The number of nitrogens with two attached hydrogens (primary N) is 1. The number of hydrogen-bond acceptors (Lipinski definition) is 8. The van der Waals surface area contributed by atoms with Gasteiger partial charge in [0.25, 0.3) is 0 Å². The Hall–Kier alpha value is -4.89. The lowest BCUT2D eigenvalue weighted by Crippen LogP contribution is -2.29. The van der Waals surface area contributed by atoms with Crippen molar-refractivity contribution in [1.82, 2.24) is 0 Å². The van der Waals surface area contributed by atoms with Crippen molar-refractivity contribution >= 4 is 19.8 Å². The Morgan fingerprint density at radius 1 is 0.323 bits per heavy atom. The maximum Gasteiger partial charge on any atom is 0.472 e. The summed E-state index contributed by atoms with van der Waals surface area (Å²) in [6.07, 6.45) is 114. The molecule has 0 aromatic rings. The van der Waals surface area contributed by atoms with Crippen molar-refractivity contribution in [2.45, 2.75) is 302 Å². The Kier molecular flexibility index (Phi) is 72.1. The summed E-state index contributed by atoms with van der Waals surface area (Å²) in [5.41, 5.74) is 5.40. The molecule has 2 unspecified atom stereocenters. The number of carbonyl (C=O) groups excluding carboxylic acids is 2. The third-order valence-corrected chi connectivity index (χ3v) is 16.3. The zero-order chi connectivity index (χ0) is 67.2. The van der Waals surface area contributed by atoms with Crippen molar-refractivity contribution in [3.05, 3.63) is 182 Å². The summed E-state index contributed by atoms with van der Waals surface area (Å²) in [4.78, 5) is 35.4. The van der Waals surface area contributed by atoms with Crippen molar-refractivity contribution in [3.8, 4) is 0 Å². The summed E-state index contributed by atoms with van der Waals surface area (Å²) in [7, 11) is -4.42. The zero-order valence-corrected chi connectivity index (χ0v) is 60.1. The van der Waals surface area contributed by atoms with Gasteiger partial charge in [0.05, 0.1) is 13.2 Å². The van der Waals surface area contributed by atoms with E-state index in [4.69, 9.17) is 24.3 Å². The normalized spacial score (nSPS) is 14.0. The molecular weight excluding hydrogens is 1170 g/mol. The highest BCUT2D eigenvalue weighted by Crippen LogP contribution is 2.43. The monoisotopic (exact) mass is 1310 g/mol. The molecule has 3 N–H and O–H groups in total. The molecule has 0 aliphatic carbocycles. The van der Waals surface area contributed by atoms with Crippen LogP contribution in [0.4, 0.5) is 0 Å². The number of hydrogen-bond donors (Lipinski definition) is 2. The molecule has 0 heterocycles. The van der Waals surface area contributed by atoms with E-state index in [0.29, 0.717) is 6.42 Å². The highest BCUT2D eigenvalue weighted by Gasteiger charge is 2.26. The number of unbranched alkanes of at least 4 members (excludes halogenated alkanes) is 25. The molecule has 0 aromatic heterocycles. The fraction of sp³-hybridized carbons (Fsp3) is 0.614. The summed E-state index contributed by atoms with van der Waals surface area (Å²) in [6.45, 7) is 3.48. The van der Waals surface area contributed by atoms with Gasteiger partial charge in [0.1, 0.15) is 6.61 Å². The van der Waals surface area contributed by atoms with Gasteiger partial charge in [0.2, 0.25) is 0 Å². The highest BCUT2D eigenvalue weighted by atomic mass is 31.2. The predicted octanol–water partition coefficient (Wildman–Crippen LogP) is 25.1. The van der Waals surface area contributed by atoms with Gasteiger partial charge in [-0.15, -0.1) is 0 Å². The molecule has 0 radical (unpaired) electrons. The first-order valence-corrected chi connectivity index (χ1v) is 38.8. The number of phosphoric acid groups is 1. The van der Waals surface area contributed by atoms with E-state index in [-0.39, 0.29) is 32.6 Å². The number of phosphoric ester groups is 1. The van der Waals surface area contributed by atoms with Crippen LogP contribution in [0, 0.1) is 0 Å². The van der Waals surface area contributed by atoms with Crippen LogP contribution in [-0.4, -0.2) is 49.3 Å². The maximum atomic E-state index is 12.8. The number of rotatable bonds is 68. The molecule has 0 bridgehead atoms. The number of carbonyl (C=O) groups is 2. The second-order valence-electron chi connectivity index (χ2n) is 24.0. The van der Waals surface area contributed by atoms with E-state index in [9.17, 15) is 19.0 Å². The minimum atomic E-state index is -4.42. The average molecular weight is 1310 g/mol. The third kappa shape index (κ3) is 76.0. The first-order valence-electron chi connectivity index (χ1n) is 37.3. The first-order chi connectivity index (χ1) is 45.8. The molecule has 93 heavy (non-hydrogen) atoms. The molecule has 0 aromatic carbocycles. The standard InChI is InChI=1S/C83H136NO8P/c1-3-5-7-9-11-13-15-17-19-21-23-25-27-29-31-33-35-37-39-40-42-44-46-48-50-52-54-56-58-60-62-64-66-68-70-72-74-76-83(86)92-81(80-91-93(87,88)90-78-77-84)79-89-82(85)75-73-71-69-67-65-63-61-59-57-55-53-51-49-47-45-43-41-38-36-34-32-30-28-26-24-22-20-18-16-14-12-10-8-6-4-2/h5-8,11-14,17-20,23-26,29,31,35,37,40,42,46,48,52,54,58,60,64,66,81H,3-4,9-10,15-16,21-22,27-28,30,32-34,36,38-39,41,43-45,47,49-51,53,55-57,59,61-63,65,67-80,84H2,1-2H3,(H,87,88)/b7-5-,8-6-,13-11-,14-12-,19-17-,20-18-,25-23-,26-24-,31-29-,37-35-,42-40-,48-46-,54-52-,60-58-,66-64-. The van der Waals surface area contributed by atoms with E-state index < -0.39 is 32.5 Å². The van der Waals surface area contributed by atoms with E-state index in [1.54, 1.807) is 0 Å². The van der Waals surface area contributed by atoms with Crippen LogP contribution in [0.5, 0.6) is 0 Å². The van der Waals surface area contributed by atoms with Gasteiger partial charge in [-0.05, 0) is 135 Å². The van der Waals surface area contributed by atoms with Crippen molar-refractivity contribution < 1.29 is 37.6 Å². The van der Waals surface area contributed by atoms with E-state index in [1.807, 2.05) is 0 Å². The molecule has 9 nitrogen and oxygen atoms in total. The van der Waals surface area contributed by atoms with Gasteiger partial charge in [-0.25, -0.2) is 4.57 Å². The topological polar surface area (TPSA) is 134 Å². The summed E-state index contributed by atoms with van der Waals surface area (Å²) in [6, 6.07) is 0. The Morgan fingerprint density at radius 3 is 0.839 bits per heavy atom. The largest absolute Gasteiger partial charge is 0.472 e. The molecule has 526 valence electrons. The second-order valence-corrected chi connectivity index (χ2v) is 25.5. The Labute approximate surface area is 571 Å². The second kappa shape index (κ2) is 76.1. The van der Waals surface area contributed by atoms with Crippen LogP contribution in [0.2, 0.25) is 0 Å². The van der Waals surface area contributed by atoms with Crippen molar-refractivity contribution in [3.63, 3.8) is 0 Å². The smallest absolute Gasteiger partial charge is 0.462 e. The fourth-order valence-corrected chi connectivity index (χ4v) is 10.6. The summed E-state index contributed by atoms with van der Waals surface area (Å²) in [5.74, 6) is -0.869. The Bertz CT molecular complexity index is 2180.